The third-order valence-electron chi connectivity index (χ3n) is 3.88. The second kappa shape index (κ2) is 7.50. The molecule has 26 heavy (non-hydrogen) atoms. The van der Waals surface area contributed by atoms with Crippen LogP contribution in [0.2, 0.25) is 10.0 Å². The van der Waals surface area contributed by atoms with Crippen molar-refractivity contribution in [3.63, 3.8) is 0 Å². The molecule has 1 heterocycles. The van der Waals surface area contributed by atoms with Crippen LogP contribution in [-0.4, -0.2) is 4.98 Å². The summed E-state index contributed by atoms with van der Waals surface area (Å²) >= 11 is 13.6. The van der Waals surface area contributed by atoms with Crippen molar-refractivity contribution in [2.45, 2.75) is 0 Å². The van der Waals surface area contributed by atoms with Gasteiger partial charge in [0.1, 0.15) is 0 Å². The lowest BCUT2D eigenvalue weighted by Crippen LogP contribution is -1.89. The summed E-state index contributed by atoms with van der Waals surface area (Å²) in [5, 5.41) is 5.62. The zero-order valence-corrected chi connectivity index (χ0v) is 15.9. The van der Waals surface area contributed by atoms with Crippen LogP contribution in [0.1, 0.15) is 0 Å². The molecule has 3 aromatic carbocycles. The van der Waals surface area contributed by atoms with E-state index in [4.69, 9.17) is 28.2 Å². The molecule has 0 spiro atoms. The molecule has 0 aliphatic carbocycles. The molecule has 0 saturated carbocycles. The highest BCUT2D eigenvalue weighted by molar-refractivity contribution is 7.19. The monoisotopic (exact) mass is 396 g/mol. The number of thiazole rings is 1. The minimum absolute atomic E-state index is 0.710. The van der Waals surface area contributed by atoms with Gasteiger partial charge in [0.25, 0.3) is 0 Å². The highest BCUT2D eigenvalue weighted by atomic mass is 35.5. The van der Waals surface area contributed by atoms with Gasteiger partial charge in [0.2, 0.25) is 0 Å². The minimum Gasteiger partial charge on any atom is -0.332 e. The van der Waals surface area contributed by atoms with Crippen molar-refractivity contribution in [2.75, 3.05) is 5.32 Å². The molecule has 2 nitrogen and oxygen atoms in total. The van der Waals surface area contributed by atoms with Gasteiger partial charge in [-0.25, -0.2) is 4.98 Å². The number of rotatable bonds is 4. The summed E-state index contributed by atoms with van der Waals surface area (Å²) in [5.41, 5.74) is 4.06. The molecule has 0 bridgehead atoms. The van der Waals surface area contributed by atoms with Gasteiger partial charge in [-0.1, -0.05) is 77.0 Å². The van der Waals surface area contributed by atoms with Crippen molar-refractivity contribution in [1.29, 1.82) is 0 Å². The van der Waals surface area contributed by atoms with E-state index in [0.717, 1.165) is 32.5 Å². The van der Waals surface area contributed by atoms with Gasteiger partial charge in [0.15, 0.2) is 5.13 Å². The molecule has 0 aliphatic rings. The normalized spacial score (nSPS) is 10.7. The van der Waals surface area contributed by atoms with Crippen molar-refractivity contribution >= 4 is 45.4 Å². The highest BCUT2D eigenvalue weighted by Gasteiger charge is 2.15. The van der Waals surface area contributed by atoms with Crippen LogP contribution in [0.4, 0.5) is 10.8 Å². The summed E-state index contributed by atoms with van der Waals surface area (Å²) in [4.78, 5) is 5.95. The Morgan fingerprint density at radius 1 is 0.692 bits per heavy atom. The van der Waals surface area contributed by atoms with Gasteiger partial charge in [-0.3, -0.25) is 0 Å². The fourth-order valence-corrected chi connectivity index (χ4v) is 3.88. The molecule has 4 rings (SSSR count). The van der Waals surface area contributed by atoms with E-state index in [2.05, 4.69) is 17.4 Å². The molecule has 0 radical (unpaired) electrons. The molecule has 4 aromatic rings. The number of halogens is 2. The number of nitrogens with one attached hydrogen (secondary N) is 1. The highest BCUT2D eigenvalue weighted by Crippen LogP contribution is 2.40. The standard InChI is InChI=1S/C21H14Cl2N2S/c22-16-8-6-14(7-9-16)19-20(15-4-2-1-3-5-15)26-21(25-19)24-18-12-10-17(23)11-13-18/h1-13H,(H,24,25). The Hall–Kier alpha value is -2.33. The molecular formula is C21H14Cl2N2S. The number of benzene rings is 3. The van der Waals surface area contributed by atoms with E-state index >= 15 is 0 Å². The van der Waals surface area contributed by atoms with Crippen LogP contribution < -0.4 is 5.32 Å². The Bertz CT molecular complexity index is 1010. The second-order valence-electron chi connectivity index (χ2n) is 5.70. The SMILES string of the molecule is Clc1ccc(Nc2nc(-c3ccc(Cl)cc3)c(-c3ccccc3)s2)cc1. The Morgan fingerprint density at radius 3 is 1.96 bits per heavy atom. The van der Waals surface area contributed by atoms with Gasteiger partial charge in [0, 0.05) is 21.3 Å². The third kappa shape index (κ3) is 3.75. The largest absolute Gasteiger partial charge is 0.332 e. The van der Waals surface area contributed by atoms with Crippen molar-refractivity contribution in [1.82, 2.24) is 4.98 Å². The first-order valence-electron chi connectivity index (χ1n) is 8.04. The first kappa shape index (κ1) is 17.1. The van der Waals surface area contributed by atoms with E-state index < -0.39 is 0 Å². The Labute approximate surface area is 166 Å². The topological polar surface area (TPSA) is 24.9 Å². The van der Waals surface area contributed by atoms with E-state index in [0.29, 0.717) is 10.0 Å². The zero-order chi connectivity index (χ0) is 17.9. The van der Waals surface area contributed by atoms with Crippen LogP contribution in [0, 0.1) is 0 Å². The molecule has 0 unspecified atom stereocenters. The Kier molecular flexibility index (Phi) is 4.93. The molecule has 0 saturated heterocycles. The lowest BCUT2D eigenvalue weighted by molar-refractivity contribution is 1.38. The van der Waals surface area contributed by atoms with Crippen LogP contribution >= 0.6 is 34.5 Å². The molecular weight excluding hydrogens is 383 g/mol. The number of hydrogen-bond donors (Lipinski definition) is 1. The minimum atomic E-state index is 0.710. The van der Waals surface area contributed by atoms with Crippen LogP contribution in [0.3, 0.4) is 0 Å². The lowest BCUT2D eigenvalue weighted by Gasteiger charge is -2.02. The number of aromatic nitrogens is 1. The average molecular weight is 397 g/mol. The van der Waals surface area contributed by atoms with Gasteiger partial charge in [0.05, 0.1) is 10.6 Å². The van der Waals surface area contributed by atoms with Gasteiger partial charge in [-0.2, -0.15) is 0 Å². The predicted molar refractivity (Wildman–Crippen MR) is 113 cm³/mol. The van der Waals surface area contributed by atoms with Crippen molar-refractivity contribution in [2.24, 2.45) is 0 Å². The van der Waals surface area contributed by atoms with Crippen LogP contribution in [-0.2, 0) is 0 Å². The maximum Gasteiger partial charge on any atom is 0.188 e. The number of anilines is 2. The van der Waals surface area contributed by atoms with E-state index in [1.165, 1.54) is 0 Å². The zero-order valence-electron chi connectivity index (χ0n) is 13.6. The van der Waals surface area contributed by atoms with Crippen LogP contribution in [0.5, 0.6) is 0 Å². The fourth-order valence-electron chi connectivity index (χ4n) is 2.62. The second-order valence-corrected chi connectivity index (χ2v) is 7.57. The third-order valence-corrected chi connectivity index (χ3v) is 5.40. The summed E-state index contributed by atoms with van der Waals surface area (Å²) in [5.74, 6) is 0. The summed E-state index contributed by atoms with van der Waals surface area (Å²) < 4.78 is 0. The lowest BCUT2D eigenvalue weighted by atomic mass is 10.1. The van der Waals surface area contributed by atoms with Gasteiger partial charge < -0.3 is 5.32 Å². The molecule has 0 amide bonds. The maximum absolute atomic E-state index is 6.04. The molecule has 1 aromatic heterocycles. The first-order chi connectivity index (χ1) is 12.7. The summed E-state index contributed by atoms with van der Waals surface area (Å²) in [7, 11) is 0. The Balaban J connectivity index is 1.77. The molecule has 0 atom stereocenters. The van der Waals surface area contributed by atoms with Gasteiger partial charge >= 0.3 is 0 Å². The maximum atomic E-state index is 6.04. The van der Waals surface area contributed by atoms with E-state index in [1.807, 2.05) is 66.7 Å². The quantitative estimate of drug-likeness (QED) is 0.385. The fraction of sp³-hybridized carbons (Fsp3) is 0. The molecule has 0 fully saturated rings. The number of nitrogens with zero attached hydrogens (tertiary/aromatic N) is 1. The van der Waals surface area contributed by atoms with Crippen molar-refractivity contribution in [3.05, 3.63) is 88.9 Å². The smallest absolute Gasteiger partial charge is 0.188 e. The Morgan fingerprint density at radius 2 is 1.31 bits per heavy atom. The van der Waals surface area contributed by atoms with Crippen LogP contribution in [0.25, 0.3) is 21.7 Å². The summed E-state index contributed by atoms with van der Waals surface area (Å²) in [6.45, 7) is 0. The molecule has 128 valence electrons. The van der Waals surface area contributed by atoms with E-state index in [1.54, 1.807) is 11.3 Å². The molecule has 0 aliphatic heterocycles. The predicted octanol–water partition coefficient (Wildman–Crippen LogP) is 7.53. The van der Waals surface area contributed by atoms with Gasteiger partial charge in [-0.05, 0) is 42.0 Å². The van der Waals surface area contributed by atoms with E-state index in [9.17, 15) is 0 Å². The van der Waals surface area contributed by atoms with Crippen molar-refractivity contribution < 1.29 is 0 Å². The first-order valence-corrected chi connectivity index (χ1v) is 9.61. The number of hydrogen-bond acceptors (Lipinski definition) is 3. The molecule has 1 N–H and O–H groups in total. The van der Waals surface area contributed by atoms with Crippen molar-refractivity contribution in [3.8, 4) is 21.7 Å². The van der Waals surface area contributed by atoms with E-state index in [-0.39, 0.29) is 0 Å². The summed E-state index contributed by atoms with van der Waals surface area (Å²) in [6, 6.07) is 25.6. The van der Waals surface area contributed by atoms with Gasteiger partial charge in [-0.15, -0.1) is 0 Å². The van der Waals surface area contributed by atoms with Crippen LogP contribution in [0.15, 0.2) is 78.9 Å². The average Bonchev–Trinajstić information content (AvgIpc) is 3.09. The molecule has 5 heteroatoms. The summed E-state index contributed by atoms with van der Waals surface area (Å²) in [6.07, 6.45) is 0.